The fourth-order valence-electron chi connectivity index (χ4n) is 2.53. The SMILES string of the molecule is CCC1(C)CN(C(C)c2cccs2)CCCN1. The van der Waals surface area contributed by atoms with Gasteiger partial charge in [-0.1, -0.05) is 13.0 Å². The molecule has 1 fully saturated rings. The van der Waals surface area contributed by atoms with Crippen molar-refractivity contribution in [3.63, 3.8) is 0 Å². The molecule has 0 saturated carbocycles. The first-order valence-electron chi connectivity index (χ1n) is 6.67. The molecule has 1 saturated heterocycles. The summed E-state index contributed by atoms with van der Waals surface area (Å²) in [5.41, 5.74) is 0.280. The summed E-state index contributed by atoms with van der Waals surface area (Å²) in [5.74, 6) is 0. The fourth-order valence-corrected chi connectivity index (χ4v) is 3.35. The molecule has 1 N–H and O–H groups in total. The Labute approximate surface area is 109 Å². The molecule has 0 bridgehead atoms. The van der Waals surface area contributed by atoms with Crippen LogP contribution >= 0.6 is 11.3 Å². The van der Waals surface area contributed by atoms with Gasteiger partial charge in [0.1, 0.15) is 0 Å². The molecule has 1 aromatic rings. The second-order valence-corrected chi connectivity index (χ2v) is 6.34. The highest BCUT2D eigenvalue weighted by atomic mass is 32.1. The van der Waals surface area contributed by atoms with Crippen molar-refractivity contribution in [1.29, 1.82) is 0 Å². The molecular formula is C14H24N2S. The molecule has 0 spiro atoms. The van der Waals surface area contributed by atoms with E-state index in [1.807, 2.05) is 11.3 Å². The number of nitrogens with zero attached hydrogens (tertiary/aromatic N) is 1. The first-order valence-corrected chi connectivity index (χ1v) is 7.55. The van der Waals surface area contributed by atoms with E-state index in [9.17, 15) is 0 Å². The van der Waals surface area contributed by atoms with Crippen molar-refractivity contribution >= 4 is 11.3 Å². The highest BCUT2D eigenvalue weighted by molar-refractivity contribution is 7.10. The van der Waals surface area contributed by atoms with E-state index in [4.69, 9.17) is 0 Å². The van der Waals surface area contributed by atoms with Gasteiger partial charge in [-0.05, 0) is 44.7 Å². The number of hydrogen-bond donors (Lipinski definition) is 1. The second kappa shape index (κ2) is 5.51. The molecule has 2 atom stereocenters. The summed E-state index contributed by atoms with van der Waals surface area (Å²) in [6.07, 6.45) is 2.45. The van der Waals surface area contributed by atoms with Gasteiger partial charge in [0, 0.05) is 29.5 Å². The topological polar surface area (TPSA) is 15.3 Å². The predicted octanol–water partition coefficient (Wildman–Crippen LogP) is 3.27. The van der Waals surface area contributed by atoms with Crippen molar-refractivity contribution < 1.29 is 0 Å². The van der Waals surface area contributed by atoms with Crippen molar-refractivity contribution in [3.8, 4) is 0 Å². The van der Waals surface area contributed by atoms with Crippen molar-refractivity contribution in [1.82, 2.24) is 10.2 Å². The molecule has 2 unspecified atom stereocenters. The van der Waals surface area contributed by atoms with E-state index in [0.717, 1.165) is 13.1 Å². The van der Waals surface area contributed by atoms with Crippen LogP contribution < -0.4 is 5.32 Å². The van der Waals surface area contributed by atoms with Crippen LogP contribution in [0, 0.1) is 0 Å². The first kappa shape index (κ1) is 13.1. The minimum Gasteiger partial charge on any atom is -0.310 e. The van der Waals surface area contributed by atoms with Gasteiger partial charge in [0.05, 0.1) is 0 Å². The zero-order chi connectivity index (χ0) is 12.3. The summed E-state index contributed by atoms with van der Waals surface area (Å²) < 4.78 is 0. The third kappa shape index (κ3) is 3.09. The summed E-state index contributed by atoms with van der Waals surface area (Å²) in [4.78, 5) is 4.13. The van der Waals surface area contributed by atoms with Gasteiger partial charge in [-0.3, -0.25) is 4.90 Å². The van der Waals surface area contributed by atoms with Gasteiger partial charge >= 0.3 is 0 Å². The highest BCUT2D eigenvalue weighted by Crippen LogP contribution is 2.28. The third-order valence-corrected chi connectivity index (χ3v) is 5.05. The molecule has 1 aliphatic rings. The molecule has 0 amide bonds. The van der Waals surface area contributed by atoms with Gasteiger partial charge in [0.15, 0.2) is 0 Å². The maximum absolute atomic E-state index is 3.70. The summed E-state index contributed by atoms with van der Waals surface area (Å²) in [7, 11) is 0. The van der Waals surface area contributed by atoms with Gasteiger partial charge in [-0.25, -0.2) is 0 Å². The Morgan fingerprint density at radius 1 is 1.59 bits per heavy atom. The quantitative estimate of drug-likeness (QED) is 0.888. The molecule has 2 nitrogen and oxygen atoms in total. The predicted molar refractivity (Wildman–Crippen MR) is 75.6 cm³/mol. The van der Waals surface area contributed by atoms with E-state index >= 15 is 0 Å². The van der Waals surface area contributed by atoms with Crippen LogP contribution in [0.5, 0.6) is 0 Å². The van der Waals surface area contributed by atoms with Gasteiger partial charge in [0.2, 0.25) is 0 Å². The molecule has 2 heterocycles. The van der Waals surface area contributed by atoms with Gasteiger partial charge < -0.3 is 5.32 Å². The van der Waals surface area contributed by atoms with E-state index in [-0.39, 0.29) is 5.54 Å². The summed E-state index contributed by atoms with van der Waals surface area (Å²) in [5, 5.41) is 5.88. The molecule has 3 heteroatoms. The lowest BCUT2D eigenvalue weighted by Crippen LogP contribution is -2.48. The molecule has 0 radical (unpaired) electrons. The zero-order valence-corrected chi connectivity index (χ0v) is 12.0. The summed E-state index contributed by atoms with van der Waals surface area (Å²) in [6, 6.07) is 4.98. The van der Waals surface area contributed by atoms with Crippen molar-refractivity contribution in [3.05, 3.63) is 22.4 Å². The molecule has 0 aromatic carbocycles. The average molecular weight is 252 g/mol. The maximum Gasteiger partial charge on any atom is 0.0414 e. The van der Waals surface area contributed by atoms with E-state index in [0.29, 0.717) is 6.04 Å². The van der Waals surface area contributed by atoms with E-state index in [1.54, 1.807) is 0 Å². The lowest BCUT2D eigenvalue weighted by atomic mass is 9.98. The van der Waals surface area contributed by atoms with Crippen molar-refractivity contribution in [2.24, 2.45) is 0 Å². The Hall–Kier alpha value is -0.380. The monoisotopic (exact) mass is 252 g/mol. The minimum absolute atomic E-state index is 0.280. The molecule has 2 rings (SSSR count). The maximum atomic E-state index is 3.70. The summed E-state index contributed by atoms with van der Waals surface area (Å²) in [6.45, 7) is 10.5. The first-order chi connectivity index (χ1) is 8.14. The minimum atomic E-state index is 0.280. The molecule has 1 aliphatic heterocycles. The van der Waals surface area contributed by atoms with Crippen LogP contribution in [0.3, 0.4) is 0 Å². The Kier molecular flexibility index (Phi) is 4.23. The van der Waals surface area contributed by atoms with E-state index in [1.165, 1.54) is 24.3 Å². The van der Waals surface area contributed by atoms with Crippen LogP contribution in [-0.4, -0.2) is 30.1 Å². The Bertz CT molecular complexity index is 336. The second-order valence-electron chi connectivity index (χ2n) is 5.36. The standard InChI is InChI=1S/C14H24N2S/c1-4-14(3)11-16(9-6-8-15-14)12(2)13-7-5-10-17-13/h5,7,10,12,15H,4,6,8-9,11H2,1-3H3. The largest absolute Gasteiger partial charge is 0.310 e. The van der Waals surface area contributed by atoms with Gasteiger partial charge in [-0.2, -0.15) is 0 Å². The van der Waals surface area contributed by atoms with Crippen LogP contribution in [-0.2, 0) is 0 Å². The Balaban J connectivity index is 2.09. The van der Waals surface area contributed by atoms with E-state index < -0.39 is 0 Å². The van der Waals surface area contributed by atoms with Crippen molar-refractivity contribution in [2.45, 2.75) is 45.2 Å². The number of rotatable bonds is 3. The van der Waals surface area contributed by atoms with Crippen LogP contribution in [0.25, 0.3) is 0 Å². The zero-order valence-electron chi connectivity index (χ0n) is 11.2. The van der Waals surface area contributed by atoms with Crippen LogP contribution in [0.1, 0.15) is 44.5 Å². The summed E-state index contributed by atoms with van der Waals surface area (Å²) >= 11 is 1.88. The molecular weight excluding hydrogens is 228 g/mol. The van der Waals surface area contributed by atoms with Gasteiger partial charge in [-0.15, -0.1) is 11.3 Å². The van der Waals surface area contributed by atoms with Gasteiger partial charge in [0.25, 0.3) is 0 Å². The number of nitrogens with one attached hydrogen (secondary N) is 1. The molecule has 1 aromatic heterocycles. The lowest BCUT2D eigenvalue weighted by molar-refractivity contribution is 0.171. The Morgan fingerprint density at radius 3 is 3.06 bits per heavy atom. The van der Waals surface area contributed by atoms with Crippen molar-refractivity contribution in [2.75, 3.05) is 19.6 Å². The third-order valence-electron chi connectivity index (χ3n) is 4.01. The number of hydrogen-bond acceptors (Lipinski definition) is 3. The molecule has 96 valence electrons. The smallest absolute Gasteiger partial charge is 0.0414 e. The normalized spacial score (nSPS) is 28.9. The van der Waals surface area contributed by atoms with Crippen LogP contribution in [0.2, 0.25) is 0 Å². The Morgan fingerprint density at radius 2 is 2.41 bits per heavy atom. The highest BCUT2D eigenvalue weighted by Gasteiger charge is 2.29. The lowest BCUT2D eigenvalue weighted by Gasteiger charge is -2.35. The number of thiophene rings is 1. The fraction of sp³-hybridized carbons (Fsp3) is 0.714. The van der Waals surface area contributed by atoms with Crippen LogP contribution in [0.15, 0.2) is 17.5 Å². The van der Waals surface area contributed by atoms with Crippen LogP contribution in [0.4, 0.5) is 0 Å². The average Bonchev–Trinajstić information content (AvgIpc) is 2.79. The molecule has 17 heavy (non-hydrogen) atoms. The van der Waals surface area contributed by atoms with E-state index in [2.05, 4.69) is 48.5 Å². The molecule has 0 aliphatic carbocycles.